The van der Waals surface area contributed by atoms with E-state index in [2.05, 4.69) is 0 Å². The molecule has 1 aromatic rings. The summed E-state index contributed by atoms with van der Waals surface area (Å²) in [5.74, 6) is 1.00. The summed E-state index contributed by atoms with van der Waals surface area (Å²) in [4.78, 5) is 0.268. The smallest absolute Gasteiger partial charge is 0.243 e. The number of ether oxygens (including phenoxy) is 2. The molecule has 0 N–H and O–H groups in total. The van der Waals surface area contributed by atoms with Gasteiger partial charge in [0.1, 0.15) is 12.4 Å². The van der Waals surface area contributed by atoms with Crippen molar-refractivity contribution in [1.82, 2.24) is 4.31 Å². The van der Waals surface area contributed by atoms with Crippen LogP contribution in [0.2, 0.25) is 0 Å². The molecule has 7 heteroatoms. The average molecular weight is 320 g/mol. The number of rotatable bonds is 5. The van der Waals surface area contributed by atoms with Crippen molar-refractivity contribution >= 4 is 21.6 Å². The lowest BCUT2D eigenvalue weighted by Gasteiger charge is -2.32. The third-order valence-electron chi connectivity index (χ3n) is 3.08. The van der Waals surface area contributed by atoms with Crippen molar-refractivity contribution < 1.29 is 17.9 Å². The molecule has 0 amide bonds. The summed E-state index contributed by atoms with van der Waals surface area (Å²) in [5.41, 5.74) is 0. The van der Waals surface area contributed by atoms with Crippen LogP contribution in [0.1, 0.15) is 6.92 Å². The minimum absolute atomic E-state index is 0.152. The molecule has 0 bridgehead atoms. The van der Waals surface area contributed by atoms with E-state index in [1.54, 1.807) is 24.3 Å². The lowest BCUT2D eigenvalue weighted by molar-refractivity contribution is 0.0393. The van der Waals surface area contributed by atoms with Gasteiger partial charge in [0, 0.05) is 12.6 Å². The molecule has 112 valence electrons. The normalized spacial score (nSPS) is 20.8. The molecule has 1 aromatic carbocycles. The Morgan fingerprint density at radius 3 is 2.70 bits per heavy atom. The zero-order chi connectivity index (χ0) is 14.6. The number of benzene rings is 1. The van der Waals surface area contributed by atoms with E-state index in [1.807, 2.05) is 6.92 Å². The van der Waals surface area contributed by atoms with Crippen LogP contribution in [0.5, 0.6) is 5.75 Å². The Kier molecular flexibility index (Phi) is 5.26. The first kappa shape index (κ1) is 15.6. The highest BCUT2D eigenvalue weighted by Gasteiger charge is 2.31. The van der Waals surface area contributed by atoms with Crippen LogP contribution < -0.4 is 4.74 Å². The van der Waals surface area contributed by atoms with Gasteiger partial charge in [-0.25, -0.2) is 8.42 Å². The largest absolute Gasteiger partial charge is 0.492 e. The zero-order valence-corrected chi connectivity index (χ0v) is 12.9. The molecule has 1 aliphatic heterocycles. The first-order valence-electron chi connectivity index (χ1n) is 6.44. The first-order chi connectivity index (χ1) is 9.55. The summed E-state index contributed by atoms with van der Waals surface area (Å²) in [6.45, 7) is 3.48. The van der Waals surface area contributed by atoms with Crippen LogP contribution in [0.15, 0.2) is 29.2 Å². The van der Waals surface area contributed by atoms with Crippen LogP contribution in [0.3, 0.4) is 0 Å². The summed E-state index contributed by atoms with van der Waals surface area (Å²) < 4.78 is 37.1. The SMILES string of the molecule is CC1COCCN1S(=O)(=O)c1ccc(OCCCl)cc1. The molecule has 2 rings (SSSR count). The third kappa shape index (κ3) is 3.44. The standard InChI is InChI=1S/C13H18ClNO4S/c1-11-10-18-9-7-15(11)20(16,17)13-4-2-12(3-5-13)19-8-6-14/h2-5,11H,6-10H2,1H3. The predicted octanol–water partition coefficient (Wildman–Crippen LogP) is 1.71. The maximum Gasteiger partial charge on any atom is 0.243 e. The van der Waals surface area contributed by atoms with Crippen molar-refractivity contribution in [2.24, 2.45) is 0 Å². The molecule has 1 fully saturated rings. The van der Waals surface area contributed by atoms with Gasteiger partial charge in [0.15, 0.2) is 0 Å². The summed E-state index contributed by atoms with van der Waals surface area (Å²) >= 11 is 5.53. The molecule has 1 aliphatic rings. The van der Waals surface area contributed by atoms with Crippen LogP contribution in [-0.2, 0) is 14.8 Å². The Morgan fingerprint density at radius 1 is 1.40 bits per heavy atom. The highest BCUT2D eigenvalue weighted by Crippen LogP contribution is 2.22. The summed E-state index contributed by atoms with van der Waals surface area (Å²) in [5, 5.41) is 0. The molecule has 1 heterocycles. The summed E-state index contributed by atoms with van der Waals surface area (Å²) in [7, 11) is -3.48. The highest BCUT2D eigenvalue weighted by molar-refractivity contribution is 7.89. The van der Waals surface area contributed by atoms with Gasteiger partial charge in [0.2, 0.25) is 10.0 Å². The van der Waals surface area contributed by atoms with E-state index in [0.717, 1.165) is 0 Å². The second kappa shape index (κ2) is 6.76. The second-order valence-electron chi connectivity index (χ2n) is 4.55. The number of halogens is 1. The highest BCUT2D eigenvalue weighted by atomic mass is 35.5. The van der Waals surface area contributed by atoms with Gasteiger partial charge < -0.3 is 9.47 Å². The molecule has 1 atom stereocenters. The number of hydrogen-bond donors (Lipinski definition) is 0. The minimum Gasteiger partial charge on any atom is -0.492 e. The van der Waals surface area contributed by atoms with Gasteiger partial charge in [0.25, 0.3) is 0 Å². The molecule has 0 aliphatic carbocycles. The van der Waals surface area contributed by atoms with E-state index in [4.69, 9.17) is 21.1 Å². The summed E-state index contributed by atoms with van der Waals surface area (Å²) in [6.07, 6.45) is 0. The average Bonchev–Trinajstić information content (AvgIpc) is 2.46. The van der Waals surface area contributed by atoms with Crippen molar-refractivity contribution in [3.63, 3.8) is 0 Å². The van der Waals surface area contributed by atoms with E-state index >= 15 is 0 Å². The van der Waals surface area contributed by atoms with Gasteiger partial charge in [-0.15, -0.1) is 11.6 Å². The van der Waals surface area contributed by atoms with Gasteiger partial charge in [-0.3, -0.25) is 0 Å². The van der Waals surface area contributed by atoms with E-state index in [0.29, 0.717) is 38.0 Å². The number of nitrogens with zero attached hydrogens (tertiary/aromatic N) is 1. The van der Waals surface area contributed by atoms with Crippen molar-refractivity contribution in [2.75, 3.05) is 32.2 Å². The topological polar surface area (TPSA) is 55.8 Å². The van der Waals surface area contributed by atoms with E-state index < -0.39 is 10.0 Å². The minimum atomic E-state index is -3.48. The van der Waals surface area contributed by atoms with Gasteiger partial charge in [-0.1, -0.05) is 0 Å². The van der Waals surface area contributed by atoms with Gasteiger partial charge in [-0.2, -0.15) is 4.31 Å². The number of morpholine rings is 1. The van der Waals surface area contributed by atoms with Crippen LogP contribution in [0.25, 0.3) is 0 Å². The fourth-order valence-electron chi connectivity index (χ4n) is 2.07. The molecular weight excluding hydrogens is 302 g/mol. The van der Waals surface area contributed by atoms with Crippen molar-refractivity contribution in [3.8, 4) is 5.75 Å². The van der Waals surface area contributed by atoms with E-state index in [-0.39, 0.29) is 10.9 Å². The number of alkyl halides is 1. The predicted molar refractivity (Wildman–Crippen MR) is 76.8 cm³/mol. The Bertz CT molecular complexity index is 532. The maximum absolute atomic E-state index is 12.5. The lowest BCUT2D eigenvalue weighted by atomic mass is 10.3. The lowest BCUT2D eigenvalue weighted by Crippen LogP contribution is -2.46. The van der Waals surface area contributed by atoms with Crippen LogP contribution in [-0.4, -0.2) is 51.0 Å². The molecular formula is C13H18ClNO4S. The fraction of sp³-hybridized carbons (Fsp3) is 0.538. The van der Waals surface area contributed by atoms with E-state index in [9.17, 15) is 8.42 Å². The Morgan fingerprint density at radius 2 is 2.10 bits per heavy atom. The fourth-order valence-corrected chi connectivity index (χ4v) is 3.75. The van der Waals surface area contributed by atoms with Crippen LogP contribution >= 0.6 is 11.6 Å². The Hall–Kier alpha value is -0.820. The molecule has 1 saturated heterocycles. The van der Waals surface area contributed by atoms with Crippen molar-refractivity contribution in [1.29, 1.82) is 0 Å². The van der Waals surface area contributed by atoms with Crippen LogP contribution in [0.4, 0.5) is 0 Å². The number of sulfonamides is 1. The molecule has 0 saturated carbocycles. The molecule has 0 aromatic heterocycles. The first-order valence-corrected chi connectivity index (χ1v) is 8.41. The van der Waals surface area contributed by atoms with Crippen LogP contribution in [0, 0.1) is 0 Å². The molecule has 0 radical (unpaired) electrons. The molecule has 20 heavy (non-hydrogen) atoms. The maximum atomic E-state index is 12.5. The van der Waals surface area contributed by atoms with Gasteiger partial charge >= 0.3 is 0 Å². The van der Waals surface area contributed by atoms with Gasteiger partial charge in [-0.05, 0) is 31.2 Å². The second-order valence-corrected chi connectivity index (χ2v) is 6.82. The number of hydrogen-bond acceptors (Lipinski definition) is 4. The summed E-state index contributed by atoms with van der Waals surface area (Å²) in [6, 6.07) is 6.25. The van der Waals surface area contributed by atoms with E-state index in [1.165, 1.54) is 4.31 Å². The molecule has 5 nitrogen and oxygen atoms in total. The van der Waals surface area contributed by atoms with Crippen molar-refractivity contribution in [3.05, 3.63) is 24.3 Å². The quantitative estimate of drug-likeness (QED) is 0.775. The zero-order valence-electron chi connectivity index (χ0n) is 11.3. The van der Waals surface area contributed by atoms with Crippen molar-refractivity contribution in [2.45, 2.75) is 17.9 Å². The molecule has 1 unspecified atom stereocenters. The van der Waals surface area contributed by atoms with Gasteiger partial charge in [0.05, 0.1) is 24.0 Å². The third-order valence-corrected chi connectivity index (χ3v) is 5.26. The molecule has 0 spiro atoms. The Balaban J connectivity index is 2.16. The Labute approximate surface area is 124 Å². The monoisotopic (exact) mass is 319 g/mol.